The average molecular weight is 650 g/mol. The molecule has 3 amide bonds. The predicted octanol–water partition coefficient (Wildman–Crippen LogP) is 3.32. The summed E-state index contributed by atoms with van der Waals surface area (Å²) in [6.07, 6.45) is 6.77. The molecule has 7 rings (SSSR count). The molecule has 3 aromatic rings. The lowest BCUT2D eigenvalue weighted by Gasteiger charge is -2.39. The van der Waals surface area contributed by atoms with Crippen LogP contribution in [0, 0.1) is 11.8 Å². The first-order valence-electron chi connectivity index (χ1n) is 16.6. The number of nitrogens with zero attached hydrogens (tertiary/aromatic N) is 2. The van der Waals surface area contributed by atoms with Gasteiger partial charge in [-0.2, -0.15) is 0 Å². The predicted molar refractivity (Wildman–Crippen MR) is 179 cm³/mol. The normalized spacial score (nSPS) is 30.3. The smallest absolute Gasteiger partial charge is 0.313 e. The van der Waals surface area contributed by atoms with E-state index >= 15 is 4.79 Å². The zero-order valence-corrected chi connectivity index (χ0v) is 26.7. The maximum Gasteiger partial charge on any atom is 0.313 e. The summed E-state index contributed by atoms with van der Waals surface area (Å²) in [4.78, 5) is 59.3. The van der Waals surface area contributed by atoms with Crippen molar-refractivity contribution in [3.63, 3.8) is 0 Å². The molecule has 1 spiro atoms. The number of aliphatic hydroxyl groups is 1. The summed E-state index contributed by atoms with van der Waals surface area (Å²) in [6.45, 7) is 1.57. The fourth-order valence-corrected chi connectivity index (χ4v) is 7.68. The molecular formula is C38H39N3O7. The number of rotatable bonds is 5. The van der Waals surface area contributed by atoms with Crippen LogP contribution in [0.2, 0.25) is 0 Å². The number of hydrogen-bond acceptors (Lipinski definition) is 7. The third-order valence-corrected chi connectivity index (χ3v) is 9.94. The number of aliphatic hydroxyl groups excluding tert-OH is 1. The minimum Gasteiger partial charge on any atom is -0.460 e. The first-order chi connectivity index (χ1) is 23.3. The van der Waals surface area contributed by atoms with E-state index in [1.807, 2.05) is 84.9 Å². The van der Waals surface area contributed by atoms with Gasteiger partial charge in [-0.15, -0.1) is 0 Å². The molecule has 10 nitrogen and oxygen atoms in total. The minimum atomic E-state index is -1.45. The molecule has 4 aliphatic heterocycles. The quantitative estimate of drug-likeness (QED) is 0.321. The van der Waals surface area contributed by atoms with Gasteiger partial charge in [-0.1, -0.05) is 85.0 Å². The lowest BCUT2D eigenvalue weighted by Crippen LogP contribution is -2.59. The summed E-state index contributed by atoms with van der Waals surface area (Å²) >= 11 is 0. The van der Waals surface area contributed by atoms with Crippen LogP contribution in [0.4, 0.5) is 5.69 Å². The molecule has 10 heteroatoms. The third-order valence-electron chi connectivity index (χ3n) is 9.94. The number of anilines is 1. The number of fused-ring (bicyclic) bond motifs is 3. The third kappa shape index (κ3) is 5.58. The van der Waals surface area contributed by atoms with Crippen molar-refractivity contribution in [3.05, 3.63) is 103 Å². The van der Waals surface area contributed by atoms with Crippen molar-refractivity contribution >= 4 is 40.2 Å². The van der Waals surface area contributed by atoms with Crippen molar-refractivity contribution in [1.82, 2.24) is 10.2 Å². The van der Waals surface area contributed by atoms with Gasteiger partial charge in [-0.05, 0) is 48.2 Å². The van der Waals surface area contributed by atoms with E-state index in [1.54, 1.807) is 24.0 Å². The lowest BCUT2D eigenvalue weighted by molar-refractivity contribution is -0.159. The highest BCUT2D eigenvalue weighted by atomic mass is 16.6. The van der Waals surface area contributed by atoms with Crippen molar-refractivity contribution in [3.8, 4) is 0 Å². The summed E-state index contributed by atoms with van der Waals surface area (Å²) in [5.41, 5.74) is 0.0641. The van der Waals surface area contributed by atoms with E-state index in [-0.39, 0.29) is 25.4 Å². The number of allylic oxidation sites excluding steroid dienone is 1. The van der Waals surface area contributed by atoms with E-state index in [1.165, 1.54) is 4.90 Å². The van der Waals surface area contributed by atoms with Crippen molar-refractivity contribution in [2.24, 2.45) is 11.8 Å². The molecular weight excluding hydrogens is 610 g/mol. The monoisotopic (exact) mass is 649 g/mol. The maximum absolute atomic E-state index is 15.2. The number of hydrogen-bond donors (Lipinski definition) is 2. The molecule has 2 fully saturated rings. The van der Waals surface area contributed by atoms with Gasteiger partial charge < -0.3 is 29.7 Å². The molecule has 7 atom stereocenters. The van der Waals surface area contributed by atoms with Gasteiger partial charge in [0.15, 0.2) is 0 Å². The number of benzene rings is 3. The van der Waals surface area contributed by atoms with E-state index in [4.69, 9.17) is 9.47 Å². The number of carbonyl (C=O) groups excluding carboxylic acids is 4. The Hall–Kier alpha value is -4.80. The van der Waals surface area contributed by atoms with Gasteiger partial charge >= 0.3 is 5.97 Å². The van der Waals surface area contributed by atoms with Crippen molar-refractivity contribution in [1.29, 1.82) is 0 Å². The molecule has 3 aromatic carbocycles. The van der Waals surface area contributed by atoms with Crippen LogP contribution in [0.3, 0.4) is 0 Å². The molecule has 0 saturated carbocycles. The highest BCUT2D eigenvalue weighted by molar-refractivity contribution is 6.06. The van der Waals surface area contributed by atoms with E-state index in [2.05, 4.69) is 5.32 Å². The lowest BCUT2D eigenvalue weighted by atomic mass is 9.74. The summed E-state index contributed by atoms with van der Waals surface area (Å²) in [7, 11) is 0. The summed E-state index contributed by atoms with van der Waals surface area (Å²) in [6, 6.07) is 21.2. The van der Waals surface area contributed by atoms with Crippen molar-refractivity contribution in [2.45, 2.75) is 56.1 Å². The second-order valence-corrected chi connectivity index (χ2v) is 13.0. The molecule has 48 heavy (non-hydrogen) atoms. The molecule has 0 unspecified atom stereocenters. The number of nitrogens with one attached hydrogen (secondary N) is 1. The second-order valence-electron chi connectivity index (χ2n) is 13.0. The van der Waals surface area contributed by atoms with Gasteiger partial charge in [0.1, 0.15) is 23.7 Å². The Morgan fingerprint density at radius 1 is 0.958 bits per heavy atom. The van der Waals surface area contributed by atoms with E-state index in [0.717, 1.165) is 16.3 Å². The Morgan fingerprint density at radius 2 is 1.73 bits per heavy atom. The SMILES string of the molecule is C[C@H]1CNC(=O)CC/C=C\CN(c2ccc3ccccc3c2)C(=O)[C@H]2N([C@@H](CO)Cc3ccccc3)C(=O)[C@@H]3[C@@H](C(=O)O1)[C@H]1C=C[C@]32O1. The molecule has 5 bridgehead atoms. The fraction of sp³-hybridized carbons (Fsp3) is 0.368. The van der Waals surface area contributed by atoms with Crippen LogP contribution < -0.4 is 10.2 Å². The van der Waals surface area contributed by atoms with Gasteiger partial charge in [0, 0.05) is 18.7 Å². The van der Waals surface area contributed by atoms with Gasteiger partial charge in [-0.25, -0.2) is 0 Å². The summed E-state index contributed by atoms with van der Waals surface area (Å²) < 4.78 is 12.3. The Labute approximate surface area is 279 Å². The van der Waals surface area contributed by atoms with Gasteiger partial charge in [0.25, 0.3) is 5.91 Å². The van der Waals surface area contributed by atoms with Crippen LogP contribution in [0.15, 0.2) is 97.1 Å². The zero-order valence-electron chi connectivity index (χ0n) is 26.7. The standard InChI is InChI=1S/C38H39N3O7/c1-24-22-39-31(43)14-6-3-9-19-40(28-16-15-26-12-7-8-13-27(26)21-28)36(45)34-38-18-17-30(48-38)32(37(46)47-24)33(38)35(44)41(34)29(23-42)20-25-10-4-2-5-11-25/h2-5,7-13,15-18,21,24,29-30,32-34,42H,6,14,19-20,22-23H2,1H3,(H,39,43)/b9-3-/t24-,29+,30+,32-,33-,34+,38-/m0/s1. The zero-order chi connectivity index (χ0) is 33.4. The molecule has 4 aliphatic rings. The van der Waals surface area contributed by atoms with Crippen LogP contribution in [-0.4, -0.2) is 83.3 Å². The van der Waals surface area contributed by atoms with Gasteiger partial charge in [0.05, 0.1) is 31.2 Å². The number of likely N-dealkylation sites (tertiary alicyclic amines) is 1. The molecule has 4 heterocycles. The molecule has 2 N–H and O–H groups in total. The Bertz CT molecular complexity index is 1790. The van der Waals surface area contributed by atoms with Crippen LogP contribution in [0.1, 0.15) is 25.3 Å². The van der Waals surface area contributed by atoms with E-state index in [0.29, 0.717) is 18.5 Å². The largest absolute Gasteiger partial charge is 0.460 e. The van der Waals surface area contributed by atoms with Crippen LogP contribution in [0.25, 0.3) is 10.8 Å². The molecule has 0 aromatic heterocycles. The first kappa shape index (κ1) is 31.8. The molecule has 0 aliphatic carbocycles. The van der Waals surface area contributed by atoms with Crippen LogP contribution >= 0.6 is 0 Å². The minimum absolute atomic E-state index is 0.124. The van der Waals surface area contributed by atoms with Crippen molar-refractivity contribution in [2.75, 3.05) is 24.6 Å². The number of ether oxygens (including phenoxy) is 2. The van der Waals surface area contributed by atoms with Crippen molar-refractivity contribution < 1.29 is 33.8 Å². The highest BCUT2D eigenvalue weighted by Crippen LogP contribution is 2.56. The van der Waals surface area contributed by atoms with Crippen LogP contribution in [-0.2, 0) is 35.1 Å². The Balaban J connectivity index is 1.35. The second kappa shape index (κ2) is 13.0. The van der Waals surface area contributed by atoms with Gasteiger partial charge in [-0.3, -0.25) is 19.2 Å². The number of esters is 1. The summed E-state index contributed by atoms with van der Waals surface area (Å²) in [5, 5.41) is 15.6. The molecule has 0 radical (unpaired) electrons. The fourth-order valence-electron chi connectivity index (χ4n) is 7.68. The Morgan fingerprint density at radius 3 is 2.52 bits per heavy atom. The first-order valence-corrected chi connectivity index (χ1v) is 16.6. The van der Waals surface area contributed by atoms with E-state index in [9.17, 15) is 19.5 Å². The maximum atomic E-state index is 15.2. The Kier molecular flexibility index (Phi) is 8.61. The van der Waals surface area contributed by atoms with Gasteiger partial charge in [0.2, 0.25) is 11.8 Å². The van der Waals surface area contributed by atoms with E-state index < -0.39 is 66.1 Å². The number of carbonyl (C=O) groups is 4. The highest BCUT2D eigenvalue weighted by Gasteiger charge is 2.74. The molecule has 248 valence electrons. The molecule has 2 saturated heterocycles. The van der Waals surface area contributed by atoms with Crippen LogP contribution in [0.5, 0.6) is 0 Å². The topological polar surface area (TPSA) is 125 Å². The average Bonchev–Trinajstić information content (AvgIpc) is 3.75. The summed E-state index contributed by atoms with van der Waals surface area (Å²) in [5.74, 6) is -3.68. The number of amides is 3. The number of cyclic esters (lactones) is 1.